The van der Waals surface area contributed by atoms with Crippen LogP contribution in [0.15, 0.2) is 48.5 Å². The molecule has 2 rings (SSSR count). The molecule has 1 amide bonds. The SMILES string of the molecule is CO[C@@H](C(=O)Nc1ccc(C)c(NS(C)(=O)=O)c1)c1ccccc1. The van der Waals surface area contributed by atoms with Crippen LogP contribution in [0.4, 0.5) is 11.4 Å². The highest BCUT2D eigenvalue weighted by Gasteiger charge is 2.20. The number of hydrogen-bond acceptors (Lipinski definition) is 4. The maximum Gasteiger partial charge on any atom is 0.258 e. The lowest BCUT2D eigenvalue weighted by molar-refractivity contribution is -0.126. The third-order valence-corrected chi connectivity index (χ3v) is 3.97. The predicted molar refractivity (Wildman–Crippen MR) is 94.5 cm³/mol. The Balaban J connectivity index is 2.21. The van der Waals surface area contributed by atoms with Crippen LogP contribution in [0.3, 0.4) is 0 Å². The largest absolute Gasteiger partial charge is 0.367 e. The summed E-state index contributed by atoms with van der Waals surface area (Å²) >= 11 is 0. The molecule has 1 atom stereocenters. The van der Waals surface area contributed by atoms with Crippen molar-refractivity contribution in [3.63, 3.8) is 0 Å². The quantitative estimate of drug-likeness (QED) is 0.840. The average Bonchev–Trinajstić information content (AvgIpc) is 2.51. The molecule has 0 unspecified atom stereocenters. The molecular formula is C17H20N2O4S. The van der Waals surface area contributed by atoms with E-state index >= 15 is 0 Å². The van der Waals surface area contributed by atoms with Crippen LogP contribution in [-0.4, -0.2) is 27.7 Å². The summed E-state index contributed by atoms with van der Waals surface area (Å²) in [5, 5.41) is 2.75. The first-order valence-electron chi connectivity index (χ1n) is 7.27. The van der Waals surface area contributed by atoms with Crippen LogP contribution in [-0.2, 0) is 19.6 Å². The van der Waals surface area contributed by atoms with Crippen molar-refractivity contribution >= 4 is 27.3 Å². The van der Waals surface area contributed by atoms with Gasteiger partial charge in [0.1, 0.15) is 0 Å². The molecule has 6 nitrogen and oxygen atoms in total. The molecule has 0 bridgehead atoms. The van der Waals surface area contributed by atoms with Crippen molar-refractivity contribution in [2.45, 2.75) is 13.0 Å². The Kier molecular flexibility index (Phi) is 5.58. The van der Waals surface area contributed by atoms with Gasteiger partial charge in [0.2, 0.25) is 10.0 Å². The van der Waals surface area contributed by atoms with Gasteiger partial charge in [0.25, 0.3) is 5.91 Å². The topological polar surface area (TPSA) is 84.5 Å². The summed E-state index contributed by atoms with van der Waals surface area (Å²) in [6.45, 7) is 1.78. The second-order valence-corrected chi connectivity index (χ2v) is 7.17. The van der Waals surface area contributed by atoms with Crippen LogP contribution in [0.5, 0.6) is 0 Å². The Morgan fingerprint density at radius 3 is 2.38 bits per heavy atom. The number of rotatable bonds is 6. The normalized spacial score (nSPS) is 12.5. The van der Waals surface area contributed by atoms with E-state index in [1.165, 1.54) is 7.11 Å². The van der Waals surface area contributed by atoms with E-state index in [-0.39, 0.29) is 5.91 Å². The van der Waals surface area contributed by atoms with Gasteiger partial charge in [0.15, 0.2) is 6.10 Å². The third kappa shape index (κ3) is 4.81. The third-order valence-electron chi connectivity index (χ3n) is 3.38. The average molecular weight is 348 g/mol. The molecule has 0 saturated carbocycles. The first-order chi connectivity index (χ1) is 11.3. The Morgan fingerprint density at radius 1 is 1.12 bits per heavy atom. The molecule has 0 heterocycles. The van der Waals surface area contributed by atoms with Crippen LogP contribution in [0.25, 0.3) is 0 Å². The van der Waals surface area contributed by atoms with Crippen LogP contribution < -0.4 is 10.0 Å². The zero-order valence-electron chi connectivity index (χ0n) is 13.7. The summed E-state index contributed by atoms with van der Waals surface area (Å²) in [6.07, 6.45) is 0.326. The molecule has 0 radical (unpaired) electrons. The Hall–Kier alpha value is -2.38. The van der Waals surface area contributed by atoms with Gasteiger partial charge in [-0.2, -0.15) is 0 Å². The van der Waals surface area contributed by atoms with Crippen molar-refractivity contribution in [2.75, 3.05) is 23.4 Å². The highest BCUT2D eigenvalue weighted by Crippen LogP contribution is 2.23. The zero-order valence-corrected chi connectivity index (χ0v) is 14.6. The van der Waals surface area contributed by atoms with Crippen molar-refractivity contribution in [1.29, 1.82) is 0 Å². The van der Waals surface area contributed by atoms with Gasteiger partial charge in [-0.3, -0.25) is 9.52 Å². The van der Waals surface area contributed by atoms with Crippen LogP contribution >= 0.6 is 0 Å². The van der Waals surface area contributed by atoms with Gasteiger partial charge in [-0.1, -0.05) is 36.4 Å². The second-order valence-electron chi connectivity index (χ2n) is 5.42. The van der Waals surface area contributed by atoms with Crippen molar-refractivity contribution in [3.05, 3.63) is 59.7 Å². The molecule has 2 N–H and O–H groups in total. The number of methoxy groups -OCH3 is 1. The Bertz CT molecular complexity index is 820. The molecule has 2 aromatic carbocycles. The van der Waals surface area contributed by atoms with E-state index in [1.54, 1.807) is 37.3 Å². The number of carbonyl (C=O) groups is 1. The summed E-state index contributed by atoms with van der Waals surface area (Å²) in [6, 6.07) is 14.1. The Labute approximate surface area is 141 Å². The fraction of sp³-hybridized carbons (Fsp3) is 0.235. The fourth-order valence-corrected chi connectivity index (χ4v) is 2.86. The van der Waals surface area contributed by atoms with Crippen molar-refractivity contribution in [1.82, 2.24) is 0 Å². The lowest BCUT2D eigenvalue weighted by atomic mass is 10.1. The fourth-order valence-electron chi connectivity index (χ4n) is 2.24. The molecule has 0 saturated heterocycles. The molecular weight excluding hydrogens is 328 g/mol. The van der Waals surface area contributed by atoms with Crippen molar-refractivity contribution in [3.8, 4) is 0 Å². The number of sulfonamides is 1. The van der Waals surface area contributed by atoms with E-state index < -0.39 is 16.1 Å². The molecule has 0 spiro atoms. The molecule has 0 aliphatic heterocycles. The number of nitrogens with one attached hydrogen (secondary N) is 2. The number of benzene rings is 2. The summed E-state index contributed by atoms with van der Waals surface area (Å²) in [5.74, 6) is -0.335. The molecule has 128 valence electrons. The van der Waals surface area contributed by atoms with Gasteiger partial charge < -0.3 is 10.1 Å². The van der Waals surface area contributed by atoms with Crippen molar-refractivity contribution < 1.29 is 17.9 Å². The van der Waals surface area contributed by atoms with E-state index in [9.17, 15) is 13.2 Å². The van der Waals surface area contributed by atoms with E-state index in [1.807, 2.05) is 18.2 Å². The lowest BCUT2D eigenvalue weighted by Gasteiger charge is -2.16. The molecule has 0 aliphatic rings. The minimum absolute atomic E-state index is 0.335. The second kappa shape index (κ2) is 7.46. The van der Waals surface area contributed by atoms with Gasteiger partial charge in [0.05, 0.1) is 11.9 Å². The highest BCUT2D eigenvalue weighted by molar-refractivity contribution is 7.92. The molecule has 0 fully saturated rings. The summed E-state index contributed by atoms with van der Waals surface area (Å²) < 4.78 is 30.5. The number of hydrogen-bond donors (Lipinski definition) is 2. The highest BCUT2D eigenvalue weighted by atomic mass is 32.2. The van der Waals surface area contributed by atoms with E-state index in [2.05, 4.69) is 10.0 Å². The van der Waals surface area contributed by atoms with Gasteiger partial charge in [-0.05, 0) is 30.2 Å². The minimum atomic E-state index is -3.40. The first-order valence-corrected chi connectivity index (χ1v) is 9.16. The maximum atomic E-state index is 12.5. The predicted octanol–water partition coefficient (Wildman–Crippen LogP) is 2.69. The lowest BCUT2D eigenvalue weighted by Crippen LogP contribution is -2.22. The maximum absolute atomic E-state index is 12.5. The van der Waals surface area contributed by atoms with E-state index in [0.29, 0.717) is 11.4 Å². The van der Waals surface area contributed by atoms with Crippen LogP contribution in [0.1, 0.15) is 17.2 Å². The Morgan fingerprint density at radius 2 is 1.79 bits per heavy atom. The summed E-state index contributed by atoms with van der Waals surface area (Å²) in [5.41, 5.74) is 2.39. The number of aryl methyl sites for hydroxylation is 1. The van der Waals surface area contributed by atoms with E-state index in [0.717, 1.165) is 17.4 Å². The minimum Gasteiger partial charge on any atom is -0.367 e. The molecule has 0 aliphatic carbocycles. The zero-order chi connectivity index (χ0) is 17.7. The first kappa shape index (κ1) is 18.0. The molecule has 7 heteroatoms. The molecule has 0 aromatic heterocycles. The molecule has 24 heavy (non-hydrogen) atoms. The van der Waals surface area contributed by atoms with Crippen LogP contribution in [0.2, 0.25) is 0 Å². The monoisotopic (exact) mass is 348 g/mol. The van der Waals surface area contributed by atoms with E-state index in [4.69, 9.17) is 4.74 Å². The smallest absolute Gasteiger partial charge is 0.258 e. The summed E-state index contributed by atoms with van der Waals surface area (Å²) in [7, 11) is -1.93. The van der Waals surface area contributed by atoms with Crippen LogP contribution in [0, 0.1) is 6.92 Å². The van der Waals surface area contributed by atoms with Gasteiger partial charge in [-0.15, -0.1) is 0 Å². The van der Waals surface area contributed by atoms with Crippen molar-refractivity contribution in [2.24, 2.45) is 0 Å². The number of amides is 1. The van der Waals surface area contributed by atoms with Gasteiger partial charge in [-0.25, -0.2) is 8.42 Å². The molecule has 2 aromatic rings. The van der Waals surface area contributed by atoms with Gasteiger partial charge in [0, 0.05) is 12.8 Å². The number of carbonyl (C=O) groups excluding carboxylic acids is 1. The van der Waals surface area contributed by atoms with Gasteiger partial charge >= 0.3 is 0 Å². The standard InChI is InChI=1S/C17H20N2O4S/c1-12-9-10-14(11-15(12)19-24(3,21)22)18-17(20)16(23-2)13-7-5-4-6-8-13/h4-11,16,19H,1-3H3,(H,18,20)/t16-/m1/s1. The summed E-state index contributed by atoms with van der Waals surface area (Å²) in [4.78, 5) is 12.5. The number of anilines is 2. The number of ether oxygens (including phenoxy) is 1.